The molecule has 0 unspecified atom stereocenters. The number of carbonyl (C=O) groups excluding carboxylic acids is 1. The number of benzene rings is 1. The number of aliphatic hydroxyl groups is 1. The molecule has 0 bridgehead atoms. The number of aliphatic hydroxyl groups excluding tert-OH is 1. The van der Waals surface area contributed by atoms with Crippen LogP contribution in [0.3, 0.4) is 0 Å². The summed E-state index contributed by atoms with van der Waals surface area (Å²) in [6.45, 7) is 0.581. The molecular formula is C13H17NO4. The van der Waals surface area contributed by atoms with Crippen LogP contribution >= 0.6 is 0 Å². The van der Waals surface area contributed by atoms with Gasteiger partial charge in [-0.05, 0) is 31.0 Å². The Labute approximate surface area is 105 Å². The highest BCUT2D eigenvalue weighted by Crippen LogP contribution is 2.44. The van der Waals surface area contributed by atoms with Crippen molar-refractivity contribution in [1.29, 1.82) is 0 Å². The molecule has 1 aromatic rings. The molecule has 5 heteroatoms. The summed E-state index contributed by atoms with van der Waals surface area (Å²) in [4.78, 5) is 11.9. The summed E-state index contributed by atoms with van der Waals surface area (Å²) >= 11 is 0. The fourth-order valence-corrected chi connectivity index (χ4v) is 1.76. The van der Waals surface area contributed by atoms with Crippen molar-refractivity contribution in [1.82, 2.24) is 5.32 Å². The monoisotopic (exact) mass is 251 g/mol. The molecule has 0 saturated heterocycles. The van der Waals surface area contributed by atoms with Gasteiger partial charge in [-0.3, -0.25) is 4.79 Å². The molecule has 1 fully saturated rings. The second-order valence-electron chi connectivity index (χ2n) is 4.73. The van der Waals surface area contributed by atoms with E-state index in [0.29, 0.717) is 12.1 Å². The van der Waals surface area contributed by atoms with Gasteiger partial charge >= 0.3 is 0 Å². The van der Waals surface area contributed by atoms with Crippen LogP contribution in [-0.4, -0.2) is 36.4 Å². The van der Waals surface area contributed by atoms with Crippen molar-refractivity contribution in [2.24, 2.45) is 5.41 Å². The van der Waals surface area contributed by atoms with Crippen LogP contribution in [0.15, 0.2) is 18.2 Å². The van der Waals surface area contributed by atoms with Gasteiger partial charge in [-0.15, -0.1) is 0 Å². The van der Waals surface area contributed by atoms with Gasteiger partial charge in [0.05, 0.1) is 13.7 Å². The molecule has 0 atom stereocenters. The molecule has 1 amide bonds. The predicted octanol–water partition coefficient (Wildman–Crippen LogP) is 0.903. The summed E-state index contributed by atoms with van der Waals surface area (Å²) in [6.07, 6.45) is 1.89. The molecule has 1 saturated carbocycles. The second-order valence-corrected chi connectivity index (χ2v) is 4.73. The van der Waals surface area contributed by atoms with Crippen LogP contribution in [0.5, 0.6) is 11.5 Å². The summed E-state index contributed by atoms with van der Waals surface area (Å²) in [7, 11) is 1.43. The smallest absolute Gasteiger partial charge is 0.251 e. The van der Waals surface area contributed by atoms with Crippen molar-refractivity contribution < 1.29 is 19.7 Å². The Morgan fingerprint density at radius 1 is 1.50 bits per heavy atom. The van der Waals surface area contributed by atoms with E-state index in [2.05, 4.69) is 5.32 Å². The molecule has 1 aliphatic carbocycles. The topological polar surface area (TPSA) is 78.8 Å². The highest BCUT2D eigenvalue weighted by molar-refractivity contribution is 5.94. The third-order valence-corrected chi connectivity index (χ3v) is 3.36. The van der Waals surface area contributed by atoms with Crippen LogP contribution in [0.25, 0.3) is 0 Å². The number of carbonyl (C=O) groups is 1. The van der Waals surface area contributed by atoms with Crippen LogP contribution in [0.4, 0.5) is 0 Å². The minimum Gasteiger partial charge on any atom is -0.504 e. The van der Waals surface area contributed by atoms with Crippen molar-refractivity contribution in [3.8, 4) is 11.5 Å². The van der Waals surface area contributed by atoms with Gasteiger partial charge in [0, 0.05) is 17.5 Å². The maximum atomic E-state index is 11.9. The number of aromatic hydroxyl groups is 1. The van der Waals surface area contributed by atoms with Crippen LogP contribution in [0, 0.1) is 5.41 Å². The zero-order valence-corrected chi connectivity index (χ0v) is 10.3. The van der Waals surface area contributed by atoms with E-state index in [4.69, 9.17) is 9.84 Å². The second kappa shape index (κ2) is 4.86. The SMILES string of the molecule is COc1cc(C(=O)NCC2(CO)CC2)ccc1O. The Morgan fingerprint density at radius 2 is 2.22 bits per heavy atom. The fourth-order valence-electron chi connectivity index (χ4n) is 1.76. The molecule has 0 radical (unpaired) electrons. The average Bonchev–Trinajstić information content (AvgIpc) is 3.17. The first kappa shape index (κ1) is 12.7. The lowest BCUT2D eigenvalue weighted by Crippen LogP contribution is -2.31. The Balaban J connectivity index is 2.00. The number of amides is 1. The Kier molecular flexibility index (Phi) is 3.43. The maximum absolute atomic E-state index is 11.9. The molecule has 0 heterocycles. The average molecular weight is 251 g/mol. The van der Waals surface area contributed by atoms with E-state index in [-0.39, 0.29) is 29.4 Å². The third-order valence-electron chi connectivity index (χ3n) is 3.36. The Morgan fingerprint density at radius 3 is 2.78 bits per heavy atom. The number of hydrogen-bond donors (Lipinski definition) is 3. The van der Waals surface area contributed by atoms with E-state index >= 15 is 0 Å². The van der Waals surface area contributed by atoms with Gasteiger partial charge in [0.1, 0.15) is 0 Å². The van der Waals surface area contributed by atoms with Crippen molar-refractivity contribution in [2.45, 2.75) is 12.8 Å². The third kappa shape index (κ3) is 2.56. The molecule has 3 N–H and O–H groups in total. The zero-order valence-electron chi connectivity index (χ0n) is 10.3. The molecule has 18 heavy (non-hydrogen) atoms. The molecule has 2 rings (SSSR count). The van der Waals surface area contributed by atoms with Crippen LogP contribution in [-0.2, 0) is 0 Å². The van der Waals surface area contributed by atoms with Gasteiger partial charge in [-0.1, -0.05) is 0 Å². The summed E-state index contributed by atoms with van der Waals surface area (Å²) in [5.74, 6) is 0.0436. The number of hydrogen-bond acceptors (Lipinski definition) is 4. The molecule has 0 aliphatic heterocycles. The van der Waals surface area contributed by atoms with Gasteiger partial charge in [0.2, 0.25) is 0 Å². The number of phenolic OH excluding ortho intramolecular Hbond substituents is 1. The molecule has 98 valence electrons. The number of methoxy groups -OCH3 is 1. The molecule has 1 aliphatic rings. The van der Waals surface area contributed by atoms with Crippen LogP contribution < -0.4 is 10.1 Å². The van der Waals surface area contributed by atoms with Crippen LogP contribution in [0.1, 0.15) is 23.2 Å². The lowest BCUT2D eigenvalue weighted by atomic mass is 10.1. The number of phenols is 1. The Hall–Kier alpha value is -1.75. The van der Waals surface area contributed by atoms with Crippen molar-refractivity contribution in [3.05, 3.63) is 23.8 Å². The quantitative estimate of drug-likeness (QED) is 0.726. The summed E-state index contributed by atoms with van der Waals surface area (Å²) in [5, 5.41) is 21.4. The molecule has 0 aromatic heterocycles. The van der Waals surface area contributed by atoms with E-state index < -0.39 is 0 Å². The number of ether oxygens (including phenoxy) is 1. The zero-order chi connectivity index (χ0) is 13.2. The van der Waals surface area contributed by atoms with Crippen molar-refractivity contribution in [2.75, 3.05) is 20.3 Å². The lowest BCUT2D eigenvalue weighted by molar-refractivity contribution is 0.0935. The molecule has 0 spiro atoms. The van der Waals surface area contributed by atoms with Crippen molar-refractivity contribution in [3.63, 3.8) is 0 Å². The first-order valence-corrected chi connectivity index (χ1v) is 5.86. The van der Waals surface area contributed by atoms with Gasteiger partial charge in [-0.2, -0.15) is 0 Å². The molecule has 5 nitrogen and oxygen atoms in total. The highest BCUT2D eigenvalue weighted by Gasteiger charge is 2.42. The minimum atomic E-state index is -0.229. The van der Waals surface area contributed by atoms with E-state index in [1.165, 1.54) is 25.3 Å². The first-order chi connectivity index (χ1) is 8.60. The van der Waals surface area contributed by atoms with Gasteiger partial charge < -0.3 is 20.3 Å². The minimum absolute atomic E-state index is 0.00284. The highest BCUT2D eigenvalue weighted by atomic mass is 16.5. The summed E-state index contributed by atoms with van der Waals surface area (Å²) in [5.41, 5.74) is 0.315. The van der Waals surface area contributed by atoms with Gasteiger partial charge in [0.15, 0.2) is 11.5 Å². The van der Waals surface area contributed by atoms with Crippen molar-refractivity contribution >= 4 is 5.91 Å². The van der Waals surface area contributed by atoms with E-state index in [1.807, 2.05) is 0 Å². The standard InChI is InChI=1S/C13H17NO4/c1-18-11-6-9(2-3-10(11)16)12(17)14-7-13(8-15)4-5-13/h2-3,6,15-16H,4-5,7-8H2,1H3,(H,14,17). The predicted molar refractivity (Wildman–Crippen MR) is 65.7 cm³/mol. The van der Waals surface area contributed by atoms with E-state index in [1.54, 1.807) is 0 Å². The normalized spacial score (nSPS) is 16.1. The number of rotatable bonds is 5. The van der Waals surface area contributed by atoms with E-state index in [0.717, 1.165) is 12.8 Å². The fraction of sp³-hybridized carbons (Fsp3) is 0.462. The largest absolute Gasteiger partial charge is 0.504 e. The van der Waals surface area contributed by atoms with Gasteiger partial charge in [-0.25, -0.2) is 0 Å². The lowest BCUT2D eigenvalue weighted by Gasteiger charge is -2.13. The molecular weight excluding hydrogens is 234 g/mol. The summed E-state index contributed by atoms with van der Waals surface area (Å²) < 4.78 is 4.94. The van der Waals surface area contributed by atoms with Crippen LogP contribution in [0.2, 0.25) is 0 Å². The molecule has 1 aromatic carbocycles. The maximum Gasteiger partial charge on any atom is 0.251 e. The summed E-state index contributed by atoms with van der Waals surface area (Å²) in [6, 6.07) is 4.45. The number of nitrogens with one attached hydrogen (secondary N) is 1. The van der Waals surface area contributed by atoms with Gasteiger partial charge in [0.25, 0.3) is 5.91 Å². The Bertz CT molecular complexity index is 454. The first-order valence-electron chi connectivity index (χ1n) is 5.86. The van der Waals surface area contributed by atoms with E-state index in [9.17, 15) is 9.90 Å².